The molecule has 0 spiro atoms. The first-order chi connectivity index (χ1) is 13.2. The Balaban J connectivity index is 1.41. The summed E-state index contributed by atoms with van der Waals surface area (Å²) < 4.78 is 6.66. The number of aryl methyl sites for hydroxylation is 1. The first kappa shape index (κ1) is 17.7. The largest absolute Gasteiger partial charge is 0.419 e. The first-order valence-corrected chi connectivity index (χ1v) is 10.1. The Labute approximate surface area is 165 Å². The summed E-state index contributed by atoms with van der Waals surface area (Å²) in [5.41, 5.74) is 3.12. The number of hydrogen-bond acceptors (Lipinski definition) is 8. The third-order valence-corrected chi connectivity index (χ3v) is 5.81. The molecule has 0 saturated carbocycles. The van der Waals surface area contributed by atoms with Crippen molar-refractivity contribution in [3.63, 3.8) is 0 Å². The smallest absolute Gasteiger partial charge is 0.247 e. The number of nitrogens with zero attached hydrogens (tertiary/aromatic N) is 4. The monoisotopic (exact) mass is 395 g/mol. The van der Waals surface area contributed by atoms with Crippen LogP contribution in [-0.2, 0) is 0 Å². The number of rotatable bonds is 6. The van der Waals surface area contributed by atoms with Gasteiger partial charge in [0.1, 0.15) is 0 Å². The molecule has 0 aliphatic rings. The van der Waals surface area contributed by atoms with Gasteiger partial charge < -0.3 is 9.73 Å². The fraction of sp³-hybridized carbons (Fsp3) is 0.158. The second-order valence-electron chi connectivity index (χ2n) is 5.94. The van der Waals surface area contributed by atoms with Crippen molar-refractivity contribution in [1.29, 1.82) is 0 Å². The highest BCUT2D eigenvalue weighted by Gasteiger charge is 2.18. The molecule has 4 aromatic rings. The summed E-state index contributed by atoms with van der Waals surface area (Å²) in [6.07, 6.45) is 0. The Hall–Kier alpha value is -2.71. The van der Waals surface area contributed by atoms with E-state index in [-0.39, 0.29) is 5.25 Å². The molecule has 2 aromatic heterocycles. The lowest BCUT2D eigenvalue weighted by molar-refractivity contribution is 0.509. The van der Waals surface area contributed by atoms with Gasteiger partial charge in [-0.25, -0.2) is 0 Å². The van der Waals surface area contributed by atoms with Gasteiger partial charge in [-0.3, -0.25) is 0 Å². The maximum Gasteiger partial charge on any atom is 0.247 e. The zero-order valence-electron chi connectivity index (χ0n) is 14.8. The average molecular weight is 396 g/mol. The molecule has 2 heterocycles. The van der Waals surface area contributed by atoms with Crippen LogP contribution in [0.5, 0.6) is 0 Å². The summed E-state index contributed by atoms with van der Waals surface area (Å²) in [5, 5.41) is 20.8. The Bertz CT molecular complexity index is 1010. The molecule has 4 rings (SSSR count). The number of benzene rings is 2. The predicted molar refractivity (Wildman–Crippen MR) is 108 cm³/mol. The van der Waals surface area contributed by atoms with Gasteiger partial charge in [-0.15, -0.1) is 20.4 Å². The van der Waals surface area contributed by atoms with Crippen LogP contribution < -0.4 is 5.32 Å². The Morgan fingerprint density at radius 2 is 1.74 bits per heavy atom. The minimum Gasteiger partial charge on any atom is -0.419 e. The highest BCUT2D eigenvalue weighted by Crippen LogP contribution is 2.38. The van der Waals surface area contributed by atoms with Crippen LogP contribution in [0.1, 0.15) is 23.6 Å². The SMILES string of the molecule is Cc1ccc(Nc2nnc(S[C@@H](C)c3nnc(-c4ccccc4)o3)s2)cc1. The van der Waals surface area contributed by atoms with Crippen LogP contribution in [0, 0.1) is 6.92 Å². The first-order valence-electron chi connectivity index (χ1n) is 8.40. The van der Waals surface area contributed by atoms with E-state index in [1.807, 2.05) is 49.4 Å². The lowest BCUT2D eigenvalue weighted by atomic mass is 10.2. The van der Waals surface area contributed by atoms with E-state index in [0.717, 1.165) is 20.7 Å². The molecule has 6 nitrogen and oxygen atoms in total. The van der Waals surface area contributed by atoms with E-state index in [9.17, 15) is 0 Å². The number of nitrogens with one attached hydrogen (secondary N) is 1. The summed E-state index contributed by atoms with van der Waals surface area (Å²) in [5.74, 6) is 1.10. The summed E-state index contributed by atoms with van der Waals surface area (Å²) >= 11 is 3.05. The number of hydrogen-bond donors (Lipinski definition) is 1. The maximum absolute atomic E-state index is 5.82. The molecule has 2 aromatic carbocycles. The molecule has 8 heteroatoms. The standard InChI is InChI=1S/C19H17N5OS2/c1-12-8-10-15(11-9-12)20-18-23-24-19(27-18)26-13(2)16-21-22-17(25-16)14-6-4-3-5-7-14/h3-11,13H,1-2H3,(H,20,23)/t13-/m0/s1. The second kappa shape index (κ2) is 7.89. The highest BCUT2D eigenvalue weighted by atomic mass is 32.2. The van der Waals surface area contributed by atoms with Crippen molar-refractivity contribution >= 4 is 33.9 Å². The molecule has 0 bridgehead atoms. The molecule has 1 atom stereocenters. The fourth-order valence-corrected chi connectivity index (χ4v) is 4.31. The van der Waals surface area contributed by atoms with Crippen molar-refractivity contribution in [2.75, 3.05) is 5.32 Å². The predicted octanol–water partition coefficient (Wildman–Crippen LogP) is 5.49. The van der Waals surface area contributed by atoms with Crippen molar-refractivity contribution in [3.8, 4) is 11.5 Å². The molecule has 0 aliphatic heterocycles. The van der Waals surface area contributed by atoms with Crippen LogP contribution in [0.25, 0.3) is 11.5 Å². The topological polar surface area (TPSA) is 76.7 Å². The highest BCUT2D eigenvalue weighted by molar-refractivity contribution is 8.01. The molecule has 0 amide bonds. The van der Waals surface area contributed by atoms with Crippen molar-refractivity contribution in [2.24, 2.45) is 0 Å². The van der Waals surface area contributed by atoms with Crippen LogP contribution in [0.2, 0.25) is 0 Å². The van der Waals surface area contributed by atoms with Crippen LogP contribution in [0.3, 0.4) is 0 Å². The van der Waals surface area contributed by atoms with E-state index in [0.29, 0.717) is 11.8 Å². The molecule has 136 valence electrons. The maximum atomic E-state index is 5.82. The van der Waals surface area contributed by atoms with E-state index in [1.165, 1.54) is 16.9 Å². The number of aromatic nitrogens is 4. The van der Waals surface area contributed by atoms with E-state index in [2.05, 4.69) is 44.8 Å². The molecule has 1 N–H and O–H groups in total. The summed E-state index contributed by atoms with van der Waals surface area (Å²) in [7, 11) is 0. The van der Waals surface area contributed by atoms with Gasteiger partial charge in [-0.1, -0.05) is 59.0 Å². The van der Waals surface area contributed by atoms with Crippen LogP contribution in [-0.4, -0.2) is 20.4 Å². The zero-order chi connectivity index (χ0) is 18.6. The third-order valence-electron chi connectivity index (χ3n) is 3.80. The molecule has 0 saturated heterocycles. The van der Waals surface area contributed by atoms with E-state index in [1.54, 1.807) is 11.8 Å². The Kier molecular flexibility index (Phi) is 5.17. The number of anilines is 2. The molecular formula is C19H17N5OS2. The van der Waals surface area contributed by atoms with Crippen LogP contribution in [0.4, 0.5) is 10.8 Å². The van der Waals surface area contributed by atoms with E-state index in [4.69, 9.17) is 4.42 Å². The van der Waals surface area contributed by atoms with Gasteiger partial charge in [0.15, 0.2) is 4.34 Å². The third kappa shape index (κ3) is 4.35. The lowest BCUT2D eigenvalue weighted by Gasteiger charge is -2.03. The normalized spacial score (nSPS) is 12.1. The second-order valence-corrected chi connectivity index (χ2v) is 8.50. The quantitative estimate of drug-likeness (QED) is 0.432. The average Bonchev–Trinajstić information content (AvgIpc) is 3.34. The van der Waals surface area contributed by atoms with Crippen LogP contribution >= 0.6 is 23.1 Å². The fourth-order valence-electron chi connectivity index (χ4n) is 2.37. The van der Waals surface area contributed by atoms with Crippen molar-refractivity contribution in [1.82, 2.24) is 20.4 Å². The van der Waals surface area contributed by atoms with Crippen LogP contribution in [0.15, 0.2) is 63.4 Å². The van der Waals surface area contributed by atoms with E-state index >= 15 is 0 Å². The molecule has 0 aliphatic carbocycles. The minimum atomic E-state index is -0.0184. The molecule has 0 fully saturated rings. The van der Waals surface area contributed by atoms with Gasteiger partial charge >= 0.3 is 0 Å². The number of thioether (sulfide) groups is 1. The zero-order valence-corrected chi connectivity index (χ0v) is 16.4. The van der Waals surface area contributed by atoms with Gasteiger partial charge in [0, 0.05) is 11.3 Å². The van der Waals surface area contributed by atoms with Gasteiger partial charge in [-0.2, -0.15) is 0 Å². The van der Waals surface area contributed by atoms with Crippen molar-refractivity contribution < 1.29 is 4.42 Å². The van der Waals surface area contributed by atoms with Gasteiger partial charge in [0.25, 0.3) is 0 Å². The van der Waals surface area contributed by atoms with Crippen molar-refractivity contribution in [2.45, 2.75) is 23.4 Å². The van der Waals surface area contributed by atoms with E-state index < -0.39 is 0 Å². The molecule has 0 radical (unpaired) electrons. The molecular weight excluding hydrogens is 378 g/mol. The minimum absolute atomic E-state index is 0.0184. The van der Waals surface area contributed by atoms with Gasteiger partial charge in [0.2, 0.25) is 16.9 Å². The lowest BCUT2D eigenvalue weighted by Crippen LogP contribution is -1.89. The summed E-state index contributed by atoms with van der Waals surface area (Å²) in [6.45, 7) is 4.08. The van der Waals surface area contributed by atoms with Crippen molar-refractivity contribution in [3.05, 3.63) is 66.1 Å². The Morgan fingerprint density at radius 3 is 2.52 bits per heavy atom. The molecule has 27 heavy (non-hydrogen) atoms. The summed E-state index contributed by atoms with van der Waals surface area (Å²) in [4.78, 5) is 0. The summed E-state index contributed by atoms with van der Waals surface area (Å²) in [6, 6.07) is 17.9. The van der Waals surface area contributed by atoms with Gasteiger partial charge in [0.05, 0.1) is 5.25 Å². The van der Waals surface area contributed by atoms with Gasteiger partial charge in [-0.05, 0) is 38.1 Å². The molecule has 0 unspecified atom stereocenters. The Morgan fingerprint density at radius 1 is 0.963 bits per heavy atom.